The van der Waals surface area contributed by atoms with Gasteiger partial charge in [-0.2, -0.15) is 0 Å². The second-order valence-electron chi connectivity index (χ2n) is 11.5. The normalized spacial score (nSPS) is 16.1. The van der Waals surface area contributed by atoms with E-state index in [9.17, 15) is 9.59 Å². The minimum atomic E-state index is -0.327. The zero-order valence-corrected chi connectivity index (χ0v) is 25.3. The van der Waals surface area contributed by atoms with Crippen LogP contribution in [0.2, 0.25) is 0 Å². The molecule has 43 heavy (non-hydrogen) atoms. The Bertz CT molecular complexity index is 1330. The molecule has 2 fully saturated rings. The Hall–Kier alpha value is -3.88. The molecule has 0 spiro atoms. The van der Waals surface area contributed by atoms with Crippen LogP contribution in [0.15, 0.2) is 72.8 Å². The van der Waals surface area contributed by atoms with Crippen molar-refractivity contribution in [3.05, 3.63) is 89.5 Å². The quantitative estimate of drug-likeness (QED) is 0.248. The summed E-state index contributed by atoms with van der Waals surface area (Å²) in [4.78, 5) is 31.2. The maximum atomic E-state index is 13.6. The van der Waals surface area contributed by atoms with Gasteiger partial charge in [0.2, 0.25) is 0 Å². The van der Waals surface area contributed by atoms with Crippen molar-refractivity contribution in [1.82, 2.24) is 10.2 Å². The van der Waals surface area contributed by atoms with E-state index in [1.165, 1.54) is 5.56 Å². The number of morpholine rings is 1. The third kappa shape index (κ3) is 8.81. The molecule has 2 heterocycles. The number of amides is 3. The molecule has 0 aromatic heterocycles. The highest BCUT2D eigenvalue weighted by Crippen LogP contribution is 2.30. The molecule has 228 valence electrons. The average molecular weight is 584 g/mol. The molecule has 0 bridgehead atoms. The number of aryl methyl sites for hydroxylation is 1. The summed E-state index contributed by atoms with van der Waals surface area (Å²) in [5, 5.41) is 9.05. The Labute approximate surface area is 255 Å². The van der Waals surface area contributed by atoms with Crippen molar-refractivity contribution < 1.29 is 14.3 Å². The number of nitrogens with one attached hydrogen (secondary N) is 3. The predicted molar refractivity (Wildman–Crippen MR) is 174 cm³/mol. The van der Waals surface area contributed by atoms with E-state index in [1.807, 2.05) is 42.5 Å². The van der Waals surface area contributed by atoms with Gasteiger partial charge in [-0.15, -0.1) is 0 Å². The van der Waals surface area contributed by atoms with Gasteiger partial charge in [0.15, 0.2) is 0 Å². The fourth-order valence-electron chi connectivity index (χ4n) is 6.06. The summed E-state index contributed by atoms with van der Waals surface area (Å²) in [7, 11) is 0. The van der Waals surface area contributed by atoms with Crippen LogP contribution >= 0.6 is 0 Å². The van der Waals surface area contributed by atoms with Crippen LogP contribution in [-0.4, -0.2) is 69.3 Å². The Balaban J connectivity index is 1.25. The number of ether oxygens (including phenoxy) is 1. The highest BCUT2D eigenvalue weighted by Gasteiger charge is 2.24. The van der Waals surface area contributed by atoms with Crippen LogP contribution in [0, 0.1) is 5.92 Å². The zero-order chi connectivity index (χ0) is 29.9. The molecule has 3 aromatic carbocycles. The number of nitrogens with zero attached hydrogens (tertiary/aromatic N) is 2. The second-order valence-corrected chi connectivity index (χ2v) is 11.5. The highest BCUT2D eigenvalue weighted by atomic mass is 16.5. The first-order valence-corrected chi connectivity index (χ1v) is 15.8. The molecule has 0 atom stereocenters. The second kappa shape index (κ2) is 15.5. The van der Waals surface area contributed by atoms with E-state index in [4.69, 9.17) is 4.74 Å². The summed E-state index contributed by atoms with van der Waals surface area (Å²) in [6.07, 6.45) is 4.94. The number of carbonyl (C=O) groups excluding carboxylic acids is 2. The fourth-order valence-corrected chi connectivity index (χ4v) is 6.06. The molecule has 2 aliphatic rings. The van der Waals surface area contributed by atoms with Crippen LogP contribution in [0.3, 0.4) is 0 Å². The Kier molecular flexibility index (Phi) is 11.1. The molecule has 0 radical (unpaired) electrons. The summed E-state index contributed by atoms with van der Waals surface area (Å²) < 4.78 is 5.44. The maximum Gasteiger partial charge on any atom is 0.323 e. The minimum Gasteiger partial charge on any atom is -0.379 e. The Morgan fingerprint density at radius 3 is 2.40 bits per heavy atom. The van der Waals surface area contributed by atoms with Gasteiger partial charge in [0.05, 0.1) is 18.8 Å². The van der Waals surface area contributed by atoms with Gasteiger partial charge in [0.1, 0.15) is 0 Å². The van der Waals surface area contributed by atoms with Crippen LogP contribution in [0.4, 0.5) is 21.9 Å². The average Bonchev–Trinajstić information content (AvgIpc) is 3.04. The number of urea groups is 1. The Morgan fingerprint density at radius 2 is 1.63 bits per heavy atom. The highest BCUT2D eigenvalue weighted by molar-refractivity contribution is 6.04. The van der Waals surface area contributed by atoms with Crippen LogP contribution < -0.4 is 20.9 Å². The number of rotatable bonds is 11. The van der Waals surface area contributed by atoms with Crippen LogP contribution in [0.25, 0.3) is 0 Å². The fraction of sp³-hybridized carbons (Fsp3) is 0.429. The number of para-hydroxylation sites is 1. The van der Waals surface area contributed by atoms with E-state index in [2.05, 4.69) is 63.0 Å². The first kappa shape index (κ1) is 30.6. The van der Waals surface area contributed by atoms with E-state index < -0.39 is 0 Å². The van der Waals surface area contributed by atoms with Gasteiger partial charge >= 0.3 is 6.03 Å². The Morgan fingerprint density at radius 1 is 0.884 bits per heavy atom. The summed E-state index contributed by atoms with van der Waals surface area (Å²) in [6, 6.07) is 23.8. The van der Waals surface area contributed by atoms with Gasteiger partial charge in [0, 0.05) is 49.8 Å². The number of hydrogen-bond acceptors (Lipinski definition) is 5. The van der Waals surface area contributed by atoms with Crippen LogP contribution in [-0.2, 0) is 17.6 Å². The number of carbonyl (C=O) groups is 2. The van der Waals surface area contributed by atoms with Gasteiger partial charge in [0.25, 0.3) is 5.91 Å². The van der Waals surface area contributed by atoms with E-state index in [0.29, 0.717) is 23.7 Å². The van der Waals surface area contributed by atoms with Gasteiger partial charge in [-0.05, 0) is 80.0 Å². The lowest BCUT2D eigenvalue weighted by molar-refractivity contribution is 0.0374. The molecular formula is C35H45N5O3. The summed E-state index contributed by atoms with van der Waals surface area (Å²) >= 11 is 0. The zero-order valence-electron chi connectivity index (χ0n) is 25.3. The van der Waals surface area contributed by atoms with Crippen molar-refractivity contribution >= 4 is 29.0 Å². The lowest BCUT2D eigenvalue weighted by atomic mass is 9.89. The van der Waals surface area contributed by atoms with Crippen molar-refractivity contribution in [1.29, 1.82) is 0 Å². The molecule has 3 amide bonds. The molecule has 3 aromatic rings. The van der Waals surface area contributed by atoms with Crippen molar-refractivity contribution in [3.8, 4) is 0 Å². The third-order valence-corrected chi connectivity index (χ3v) is 8.51. The van der Waals surface area contributed by atoms with Crippen molar-refractivity contribution in [3.63, 3.8) is 0 Å². The number of benzene rings is 3. The SMILES string of the molecule is CCc1ccccc1NC(=O)Nc1ccc(N2CCC(Cc3ccccc3)CC2)c(C(=O)NCCCN2CCOCC2)c1. The molecule has 2 aliphatic heterocycles. The maximum absolute atomic E-state index is 13.6. The lowest BCUT2D eigenvalue weighted by Crippen LogP contribution is -2.38. The molecule has 8 nitrogen and oxygen atoms in total. The van der Waals surface area contributed by atoms with Gasteiger partial charge < -0.3 is 25.6 Å². The molecular weight excluding hydrogens is 538 g/mol. The monoisotopic (exact) mass is 583 g/mol. The summed E-state index contributed by atoms with van der Waals surface area (Å²) in [5.41, 5.74) is 5.35. The van der Waals surface area contributed by atoms with Crippen molar-refractivity contribution in [2.24, 2.45) is 5.92 Å². The number of piperidine rings is 1. The first-order chi connectivity index (χ1) is 21.1. The lowest BCUT2D eigenvalue weighted by Gasteiger charge is -2.35. The van der Waals surface area contributed by atoms with Crippen LogP contribution in [0.1, 0.15) is 47.7 Å². The summed E-state index contributed by atoms with van der Waals surface area (Å²) in [5.74, 6) is 0.524. The van der Waals surface area contributed by atoms with Gasteiger partial charge in [-0.3, -0.25) is 9.69 Å². The van der Waals surface area contributed by atoms with E-state index in [1.54, 1.807) is 0 Å². The molecule has 3 N–H and O–H groups in total. The first-order valence-electron chi connectivity index (χ1n) is 15.8. The standard InChI is InChI=1S/C35H45N5O3/c1-2-29-11-6-7-12-32(29)38-35(42)37-30-13-14-33(40-19-15-28(16-20-40)25-27-9-4-3-5-10-27)31(26-30)34(41)36-17-8-18-39-21-23-43-24-22-39/h3-7,9-14,26,28H,2,8,15-25H2,1H3,(H,36,41)(H2,37,38,42). The number of hydrogen-bond donors (Lipinski definition) is 3. The molecule has 8 heteroatoms. The molecule has 2 saturated heterocycles. The van der Waals surface area contributed by atoms with Crippen LogP contribution in [0.5, 0.6) is 0 Å². The topological polar surface area (TPSA) is 85.9 Å². The molecule has 0 unspecified atom stereocenters. The van der Waals surface area contributed by atoms with E-state index in [0.717, 1.165) is 95.0 Å². The molecule has 0 saturated carbocycles. The largest absolute Gasteiger partial charge is 0.379 e. The number of anilines is 3. The van der Waals surface area contributed by atoms with Gasteiger partial charge in [-0.25, -0.2) is 4.79 Å². The molecule has 0 aliphatic carbocycles. The van der Waals surface area contributed by atoms with Crippen molar-refractivity contribution in [2.75, 3.05) is 68.0 Å². The minimum absolute atomic E-state index is 0.108. The van der Waals surface area contributed by atoms with Crippen molar-refractivity contribution in [2.45, 2.75) is 39.0 Å². The smallest absolute Gasteiger partial charge is 0.323 e. The molecule has 5 rings (SSSR count). The predicted octanol–water partition coefficient (Wildman–Crippen LogP) is 5.80. The third-order valence-electron chi connectivity index (χ3n) is 8.51. The van der Waals surface area contributed by atoms with Gasteiger partial charge in [-0.1, -0.05) is 55.5 Å². The summed E-state index contributed by atoms with van der Waals surface area (Å²) in [6.45, 7) is 8.82. The van der Waals surface area contributed by atoms with E-state index >= 15 is 0 Å². The van der Waals surface area contributed by atoms with E-state index in [-0.39, 0.29) is 11.9 Å².